The molecule has 202 valence electrons. The van der Waals surface area contributed by atoms with Crippen LogP contribution in [0.25, 0.3) is 10.8 Å². The average molecular weight is 603 g/mol. The Morgan fingerprint density at radius 2 is 0.769 bits per heavy atom. The van der Waals surface area contributed by atoms with E-state index in [0.717, 1.165) is 14.2 Å². The Balaban J connectivity index is -0.000000491. The van der Waals surface area contributed by atoms with Crippen LogP contribution in [0.4, 0.5) is 0 Å². The first kappa shape index (κ1) is 39.6. The Hall–Kier alpha value is -3.88. The predicted molar refractivity (Wildman–Crippen MR) is 156 cm³/mol. The van der Waals surface area contributed by atoms with Crippen molar-refractivity contribution in [3.63, 3.8) is 0 Å². The molecule has 0 bridgehead atoms. The van der Waals surface area contributed by atoms with Crippen LogP contribution in [0.3, 0.4) is 0 Å². The number of pyridine rings is 2. The maximum atomic E-state index is 11.8. The number of carbonyl (C=O) groups is 2. The number of benzene rings is 2. The third-order valence-electron chi connectivity index (χ3n) is 3.96. The van der Waals surface area contributed by atoms with Crippen molar-refractivity contribution >= 4 is 46.3 Å². The summed E-state index contributed by atoms with van der Waals surface area (Å²) in [5.41, 5.74) is 2.76. The molecule has 4 aromatic rings. The summed E-state index contributed by atoms with van der Waals surface area (Å²) in [6.45, 7) is 0. The van der Waals surface area contributed by atoms with Gasteiger partial charge in [-0.1, -0.05) is 85.1 Å². The number of rotatable bonds is 4. The molecule has 2 aromatic carbocycles. The van der Waals surface area contributed by atoms with Gasteiger partial charge in [-0.25, -0.2) is 0 Å². The Morgan fingerprint density at radius 3 is 1.00 bits per heavy atom. The van der Waals surface area contributed by atoms with Crippen molar-refractivity contribution in [2.24, 2.45) is 0 Å². The molecular weight excluding hydrogens is 576 g/mol. The number of thiocarbonyl (C=S) groups is 2. The van der Waals surface area contributed by atoms with Crippen molar-refractivity contribution in [3.05, 3.63) is 143 Å². The second-order valence-corrected chi connectivity index (χ2v) is 6.41. The zero-order chi connectivity index (χ0) is 29.0. The van der Waals surface area contributed by atoms with Gasteiger partial charge < -0.3 is 21.0 Å². The van der Waals surface area contributed by atoms with Gasteiger partial charge in [-0.15, -0.1) is 0 Å². The maximum Gasteiger partial charge on any atom is 2.00 e. The summed E-state index contributed by atoms with van der Waals surface area (Å²) in [6, 6.07) is 25.3. The van der Waals surface area contributed by atoms with Crippen LogP contribution in [0.15, 0.2) is 110 Å². The molecule has 11 heteroatoms. The quantitative estimate of drug-likeness (QED) is 0.141. The summed E-state index contributed by atoms with van der Waals surface area (Å²) in [4.78, 5) is 31.4. The normalized spacial score (nSPS) is 7.69. The molecule has 2 heterocycles. The smallest absolute Gasteiger partial charge is 0.753 e. The van der Waals surface area contributed by atoms with Gasteiger partial charge in [0, 0.05) is 61.3 Å². The zero-order valence-corrected chi connectivity index (χ0v) is 23.8. The molecule has 2 aromatic heterocycles. The number of hydrogen-bond acceptors (Lipinski definition) is 8. The largest absolute Gasteiger partial charge is 2.00 e. The number of hydrogen-bond donors (Lipinski definition) is 2. The summed E-state index contributed by atoms with van der Waals surface area (Å²) in [5, 5.41) is 30.9. The summed E-state index contributed by atoms with van der Waals surface area (Å²) >= 11 is 7.40. The van der Waals surface area contributed by atoms with Gasteiger partial charge in [0.1, 0.15) is 0 Å². The third kappa shape index (κ3) is 18.1. The van der Waals surface area contributed by atoms with Crippen LogP contribution in [-0.2, 0) is 17.1 Å². The fourth-order valence-electron chi connectivity index (χ4n) is 2.52. The molecule has 2 N–H and O–H groups in total. The fraction of sp³-hybridized carbons (Fsp3) is 0.0714. The molecule has 0 atom stereocenters. The summed E-state index contributed by atoms with van der Waals surface area (Å²) in [5.74, 6) is 0.0704. The van der Waals surface area contributed by atoms with Crippen molar-refractivity contribution in [1.29, 1.82) is 0 Å². The molecule has 39 heavy (non-hydrogen) atoms. The van der Waals surface area contributed by atoms with E-state index in [-0.39, 0.29) is 28.6 Å². The predicted octanol–water partition coefficient (Wildman–Crippen LogP) is 5.16. The van der Waals surface area contributed by atoms with Gasteiger partial charge >= 0.3 is 17.1 Å². The van der Waals surface area contributed by atoms with Crippen molar-refractivity contribution in [2.75, 3.05) is 14.2 Å². The first-order valence-electron chi connectivity index (χ1n) is 10.5. The molecule has 0 aliphatic carbocycles. The van der Waals surface area contributed by atoms with Gasteiger partial charge in [-0.05, 0) is 24.3 Å². The topological polar surface area (TPSA) is 145 Å². The van der Waals surface area contributed by atoms with Gasteiger partial charge in [-0.2, -0.15) is 10.3 Å². The Bertz CT molecular complexity index is 1040. The maximum absolute atomic E-state index is 11.8. The average Bonchev–Trinajstić information content (AvgIpc) is 3.01. The van der Waals surface area contributed by atoms with E-state index in [1.54, 1.807) is 49.1 Å². The molecule has 0 unspecified atom stereocenters. The molecule has 0 aliphatic rings. The first-order valence-corrected chi connectivity index (χ1v) is 11.3. The van der Waals surface area contributed by atoms with Gasteiger partial charge in [0.15, 0.2) is 11.6 Å². The molecule has 0 fully saturated rings. The van der Waals surface area contributed by atoms with E-state index in [9.17, 15) is 9.59 Å². The Kier molecular flexibility index (Phi) is 29.1. The molecule has 0 saturated carbocycles. The van der Waals surface area contributed by atoms with E-state index in [1.165, 1.54) is 10.3 Å². The van der Waals surface area contributed by atoms with E-state index in [4.69, 9.17) is 21.0 Å². The van der Waals surface area contributed by atoms with Crippen LogP contribution in [0.5, 0.6) is 0 Å². The van der Waals surface area contributed by atoms with E-state index in [1.807, 2.05) is 60.7 Å². The van der Waals surface area contributed by atoms with Crippen molar-refractivity contribution in [3.8, 4) is 0 Å². The molecule has 8 nitrogen and oxygen atoms in total. The van der Waals surface area contributed by atoms with Crippen molar-refractivity contribution < 1.29 is 36.9 Å². The van der Waals surface area contributed by atoms with Gasteiger partial charge in [0.2, 0.25) is 0 Å². The van der Waals surface area contributed by atoms with Crippen LogP contribution in [0.1, 0.15) is 31.8 Å². The number of aliphatic hydroxyl groups is 2. The first-order chi connectivity index (χ1) is 18.6. The molecule has 0 saturated heterocycles. The zero-order valence-electron chi connectivity index (χ0n) is 21.1. The van der Waals surface area contributed by atoms with E-state index in [0.29, 0.717) is 22.3 Å². The number of ketones is 2. The summed E-state index contributed by atoms with van der Waals surface area (Å²) in [7, 11) is 2.00. The van der Waals surface area contributed by atoms with Crippen LogP contribution in [-0.4, -0.2) is 56.3 Å². The second kappa shape index (κ2) is 28.7. The number of isothiocyanates is 2. The monoisotopic (exact) mass is 602 g/mol. The molecule has 0 aliphatic heterocycles. The van der Waals surface area contributed by atoms with Gasteiger partial charge in [-0.3, -0.25) is 19.6 Å². The van der Waals surface area contributed by atoms with Crippen LogP contribution < -0.4 is 0 Å². The standard InChI is InChI=1S/2C12H9NO.2CNS.2CH4O.Fe/c2*14-12(10-4-2-1-3-5-10)11-6-8-13-9-7-11;2*2-1-3;2*1-2;/h2*1-9H;;;2*2H,1H3;/q;;2*-1;;;+2. The van der Waals surface area contributed by atoms with E-state index >= 15 is 0 Å². The van der Waals surface area contributed by atoms with Crippen molar-refractivity contribution in [2.45, 2.75) is 0 Å². The van der Waals surface area contributed by atoms with E-state index < -0.39 is 0 Å². The van der Waals surface area contributed by atoms with Gasteiger partial charge in [0.25, 0.3) is 0 Å². The second-order valence-electron chi connectivity index (χ2n) is 6.04. The van der Waals surface area contributed by atoms with Crippen LogP contribution in [0.2, 0.25) is 0 Å². The summed E-state index contributed by atoms with van der Waals surface area (Å²) in [6.07, 6.45) is 6.48. The molecule has 0 radical (unpaired) electrons. The number of nitrogens with zero attached hydrogens (tertiary/aromatic N) is 4. The number of carbonyl (C=O) groups excluding carboxylic acids is 2. The van der Waals surface area contributed by atoms with Gasteiger partial charge in [0.05, 0.1) is 0 Å². The molecule has 4 rings (SSSR count). The molecule has 0 amide bonds. The number of aliphatic hydroxyl groups excluding tert-OH is 2. The Labute approximate surface area is 249 Å². The molecule has 0 spiro atoms. The third-order valence-corrected chi connectivity index (χ3v) is 3.96. The van der Waals surface area contributed by atoms with Crippen LogP contribution >= 0.6 is 24.4 Å². The Morgan fingerprint density at radius 1 is 0.564 bits per heavy atom. The van der Waals surface area contributed by atoms with E-state index in [2.05, 4.69) is 34.4 Å². The SMILES string of the molecule is CO.CO.O=C(c1ccccc1)c1ccncc1.O=C(c1ccccc1)c1ccncc1.[Fe+2].[N-]=C=S.[N-]=C=S. The molecular formula is C28H26FeN4O4S2. The number of aromatic nitrogens is 2. The van der Waals surface area contributed by atoms with Crippen LogP contribution in [0, 0.1) is 0 Å². The minimum Gasteiger partial charge on any atom is -0.753 e. The van der Waals surface area contributed by atoms with Crippen molar-refractivity contribution in [1.82, 2.24) is 9.97 Å². The minimum atomic E-state index is 0. The fourth-order valence-corrected chi connectivity index (χ4v) is 2.52. The summed E-state index contributed by atoms with van der Waals surface area (Å²) < 4.78 is 0. The minimum absolute atomic E-state index is 0.